The summed E-state index contributed by atoms with van der Waals surface area (Å²) in [7, 11) is 1.58. The molecule has 4 aromatic carbocycles. The van der Waals surface area contributed by atoms with E-state index < -0.39 is 30.3 Å². The highest BCUT2D eigenvalue weighted by molar-refractivity contribution is 8.00. The Hall–Kier alpha value is -2.97. The molecule has 0 bridgehead atoms. The summed E-state index contributed by atoms with van der Waals surface area (Å²) in [6.07, 6.45) is -1.69. The Bertz CT molecular complexity index is 1440. The number of ether oxygens (including phenoxy) is 5. The monoisotopic (exact) mass is 627 g/mol. The van der Waals surface area contributed by atoms with Crippen molar-refractivity contribution in [3.05, 3.63) is 138 Å². The van der Waals surface area contributed by atoms with Crippen LogP contribution in [0.2, 0.25) is 0 Å². The Morgan fingerprint density at radius 2 is 1.22 bits per heavy atom. The minimum absolute atomic E-state index is 0.212. The molecule has 0 spiro atoms. The molecule has 0 amide bonds. The first-order chi connectivity index (χ1) is 22.3. The molecular formula is C39H46O5S. The van der Waals surface area contributed by atoms with Gasteiger partial charge in [0, 0.05) is 17.4 Å². The summed E-state index contributed by atoms with van der Waals surface area (Å²) in [6.45, 7) is 6.95. The van der Waals surface area contributed by atoms with Gasteiger partial charge in [0.05, 0.1) is 45.7 Å². The van der Waals surface area contributed by atoms with Gasteiger partial charge in [-0.2, -0.15) is 0 Å². The Kier molecular flexibility index (Phi) is 11.8. The lowest BCUT2D eigenvalue weighted by Gasteiger charge is -2.51. The van der Waals surface area contributed by atoms with Crippen molar-refractivity contribution < 1.29 is 25.1 Å². The third-order valence-electron chi connectivity index (χ3n) is 8.05. The van der Waals surface area contributed by atoms with Crippen LogP contribution in [0.25, 0.3) is 0 Å². The first-order valence-corrected chi connectivity index (χ1v) is 16.5. The van der Waals surface area contributed by atoms with Gasteiger partial charge >= 0.3 is 0 Å². The second-order valence-corrected chi connectivity index (χ2v) is 13.4. The van der Waals surface area contributed by atoms with Gasteiger partial charge in [-0.25, -0.2) is 0 Å². The van der Waals surface area contributed by atoms with Gasteiger partial charge in [-0.3, -0.25) is 0 Å². The molecule has 0 N–H and O–H groups in total. The molecule has 0 radical (unpaired) electrons. The van der Waals surface area contributed by atoms with E-state index in [2.05, 4.69) is 67.6 Å². The predicted octanol–water partition coefficient (Wildman–Crippen LogP) is 8.28. The van der Waals surface area contributed by atoms with E-state index in [0.29, 0.717) is 26.4 Å². The summed E-state index contributed by atoms with van der Waals surface area (Å²) in [6, 6.07) is 39.1. The predicted molar refractivity (Wildman–Crippen MR) is 181 cm³/mol. The third-order valence-corrected chi connectivity index (χ3v) is 9.38. The lowest BCUT2D eigenvalue weighted by molar-refractivity contribution is -0.237. The highest BCUT2D eigenvalue weighted by Gasteiger charge is 2.52. The molecule has 1 heterocycles. The molecule has 0 aromatic heterocycles. The average molecular weight is 628 g/mol. The smallest absolute Gasteiger partial charge is 0.114 e. The maximum Gasteiger partial charge on any atom is 0.114 e. The molecule has 238 valence electrons. The fourth-order valence-electron chi connectivity index (χ4n) is 5.71. The van der Waals surface area contributed by atoms with Crippen LogP contribution in [0.4, 0.5) is 0 Å². The van der Waals surface area contributed by atoms with Crippen LogP contribution in [0, 0.1) is 12.3 Å². The van der Waals surface area contributed by atoms with E-state index in [1.807, 2.05) is 68.4 Å². The molecule has 1 aliphatic rings. The van der Waals surface area contributed by atoms with Gasteiger partial charge in [0.15, 0.2) is 0 Å². The fraction of sp³-hybridized carbons (Fsp3) is 0.385. The summed E-state index contributed by atoms with van der Waals surface area (Å²) in [5.41, 5.74) is 3.76. The minimum atomic E-state index is -0.818. The quantitative estimate of drug-likeness (QED) is 0.132. The van der Waals surface area contributed by atoms with Crippen LogP contribution in [-0.4, -0.2) is 50.0 Å². The first-order valence-electron chi connectivity index (χ1n) is 16.2. The molecule has 45 heavy (non-hydrogen) atoms. The molecular weight excluding hydrogens is 580 g/mol. The maximum absolute atomic E-state index is 8.91. The zero-order chi connectivity index (χ0) is 32.4. The molecule has 1 aliphatic heterocycles. The van der Waals surface area contributed by atoms with Gasteiger partial charge in [0.25, 0.3) is 0 Å². The van der Waals surface area contributed by atoms with E-state index in [4.69, 9.17) is 25.1 Å². The topological polar surface area (TPSA) is 46.2 Å². The Balaban J connectivity index is 1.52. The number of thioether (sulfide) groups is 1. The van der Waals surface area contributed by atoms with Crippen LogP contribution in [0.3, 0.4) is 0 Å². The zero-order valence-corrected chi connectivity index (χ0v) is 27.5. The highest BCUT2D eigenvalue weighted by Crippen LogP contribution is 2.44. The van der Waals surface area contributed by atoms with Crippen LogP contribution in [-0.2, 0) is 43.5 Å². The van der Waals surface area contributed by atoms with Crippen LogP contribution in [0.5, 0.6) is 0 Å². The van der Waals surface area contributed by atoms with E-state index in [1.165, 1.54) is 5.56 Å². The zero-order valence-electron chi connectivity index (χ0n) is 27.7. The number of hydrogen-bond acceptors (Lipinski definition) is 6. The molecule has 0 saturated carbocycles. The van der Waals surface area contributed by atoms with Gasteiger partial charge in [-0.15, -0.1) is 11.8 Å². The van der Waals surface area contributed by atoms with Gasteiger partial charge in [0.1, 0.15) is 18.3 Å². The van der Waals surface area contributed by atoms with Crippen molar-refractivity contribution in [3.8, 4) is 0 Å². The summed E-state index contributed by atoms with van der Waals surface area (Å²) < 4.78 is 41.6. The Morgan fingerprint density at radius 3 is 1.76 bits per heavy atom. The number of aryl methyl sites for hydroxylation is 1. The number of benzene rings is 4. The lowest BCUT2D eigenvalue weighted by Crippen LogP contribution is -2.63. The summed E-state index contributed by atoms with van der Waals surface area (Å²) in [5.74, 6) is 0. The fourth-order valence-corrected chi connectivity index (χ4v) is 7.23. The standard InChI is InChI=1S/C39H46O5S/c1-29-20-22-33(23-21-29)45-37-36(43-26-32-18-12-7-13-19-32)35(42-25-31-16-10-6-11-17-31)34(44-38(37)39(2,3)28-40-4)27-41-24-30-14-8-5-9-15-30/h5-23,34-38H,24-28H2,1-4H3/t34-,35-,36+,37-,38-/m1/s1/i28D/t28?,34-,35-,36+,37-,38-. The van der Waals surface area contributed by atoms with Crippen molar-refractivity contribution in [2.24, 2.45) is 5.41 Å². The maximum atomic E-state index is 8.91. The van der Waals surface area contributed by atoms with Crippen molar-refractivity contribution >= 4 is 11.8 Å². The highest BCUT2D eigenvalue weighted by atomic mass is 32.2. The SMILES string of the molecule is [2H]C(OC)C(C)(C)[C@@H]1O[C@H](COCc2ccccc2)[C@@H](OCc2ccccc2)[C@H](OCc2ccccc2)[C@H]1Sc1ccc(C)cc1. The second-order valence-electron chi connectivity index (χ2n) is 12.2. The lowest BCUT2D eigenvalue weighted by atomic mass is 9.80. The largest absolute Gasteiger partial charge is 0.384 e. The van der Waals surface area contributed by atoms with Crippen LogP contribution in [0.1, 0.15) is 37.5 Å². The second kappa shape index (κ2) is 16.5. The third kappa shape index (κ3) is 9.52. The molecule has 1 saturated heterocycles. The molecule has 0 aliphatic carbocycles. The Morgan fingerprint density at radius 1 is 0.711 bits per heavy atom. The van der Waals surface area contributed by atoms with Gasteiger partial charge in [-0.1, -0.05) is 123 Å². The van der Waals surface area contributed by atoms with E-state index >= 15 is 0 Å². The molecule has 6 atom stereocenters. The molecule has 5 rings (SSSR count). The van der Waals surface area contributed by atoms with Gasteiger partial charge < -0.3 is 23.7 Å². The first kappa shape index (κ1) is 32.0. The number of methoxy groups -OCH3 is 1. The summed E-state index contributed by atoms with van der Waals surface area (Å²) in [4.78, 5) is 1.10. The molecule has 1 fully saturated rings. The van der Waals surface area contributed by atoms with E-state index in [1.54, 1.807) is 18.9 Å². The van der Waals surface area contributed by atoms with Crippen molar-refractivity contribution in [1.82, 2.24) is 0 Å². The molecule has 4 aromatic rings. The summed E-state index contributed by atoms with van der Waals surface area (Å²) >= 11 is 1.72. The van der Waals surface area contributed by atoms with E-state index in [-0.39, 0.29) is 11.4 Å². The Labute approximate surface area is 274 Å². The summed E-state index contributed by atoms with van der Waals surface area (Å²) in [5, 5.41) is -0.212. The van der Waals surface area contributed by atoms with Crippen LogP contribution in [0.15, 0.2) is 120 Å². The van der Waals surface area contributed by atoms with Crippen LogP contribution < -0.4 is 0 Å². The van der Waals surface area contributed by atoms with Crippen molar-refractivity contribution in [2.75, 3.05) is 20.3 Å². The van der Waals surface area contributed by atoms with Gasteiger partial charge in [0.2, 0.25) is 0 Å². The van der Waals surface area contributed by atoms with Gasteiger partial charge in [-0.05, 0) is 35.7 Å². The normalized spacial score (nSPS) is 22.9. The van der Waals surface area contributed by atoms with Crippen molar-refractivity contribution in [3.63, 3.8) is 0 Å². The number of hydrogen-bond donors (Lipinski definition) is 0. The van der Waals surface area contributed by atoms with E-state index in [0.717, 1.165) is 21.6 Å². The number of rotatable bonds is 15. The average Bonchev–Trinajstić information content (AvgIpc) is 3.09. The molecule has 6 heteroatoms. The van der Waals surface area contributed by atoms with Crippen molar-refractivity contribution in [2.45, 2.75) is 75.2 Å². The van der Waals surface area contributed by atoms with Crippen LogP contribution >= 0.6 is 11.8 Å². The molecule has 5 nitrogen and oxygen atoms in total. The van der Waals surface area contributed by atoms with E-state index in [9.17, 15) is 0 Å². The minimum Gasteiger partial charge on any atom is -0.384 e. The van der Waals surface area contributed by atoms with Crippen molar-refractivity contribution in [1.29, 1.82) is 0 Å². The molecule has 1 unspecified atom stereocenters.